The smallest absolute Gasteiger partial charge is 0.347 e. The van der Waals surface area contributed by atoms with Gasteiger partial charge in [0, 0.05) is 0 Å². The van der Waals surface area contributed by atoms with E-state index in [-0.39, 0.29) is 22.9 Å². The molecule has 0 amide bonds. The number of hydrogen-bond acceptors (Lipinski definition) is 7. The monoisotopic (exact) mass is 275 g/mol. The lowest BCUT2D eigenvalue weighted by molar-refractivity contribution is -0.147. The van der Waals surface area contributed by atoms with Gasteiger partial charge < -0.3 is 20.1 Å². The summed E-state index contributed by atoms with van der Waals surface area (Å²) in [7, 11) is 0. The van der Waals surface area contributed by atoms with Crippen LogP contribution in [0.4, 0.5) is 0 Å². The van der Waals surface area contributed by atoms with Gasteiger partial charge in [-0.3, -0.25) is 4.79 Å². The maximum atomic E-state index is 11.1. The summed E-state index contributed by atoms with van der Waals surface area (Å²) in [6.07, 6.45) is -2.08. The van der Waals surface area contributed by atoms with Gasteiger partial charge in [-0.25, -0.2) is 9.78 Å². The van der Waals surface area contributed by atoms with E-state index >= 15 is 0 Å². The third kappa shape index (κ3) is 3.76. The van der Waals surface area contributed by atoms with Crippen molar-refractivity contribution in [1.29, 1.82) is 0 Å². The van der Waals surface area contributed by atoms with Crippen LogP contribution in [0.3, 0.4) is 0 Å². The van der Waals surface area contributed by atoms with E-state index in [0.29, 0.717) is 0 Å². The minimum absolute atomic E-state index is 0.0456. The number of carboxylic acids is 1. The van der Waals surface area contributed by atoms with Gasteiger partial charge in [0.1, 0.15) is 16.0 Å². The molecule has 0 saturated carbocycles. The van der Waals surface area contributed by atoms with Crippen LogP contribution in [0, 0.1) is 0 Å². The molecule has 0 aliphatic rings. The van der Waals surface area contributed by atoms with Gasteiger partial charge in [0.15, 0.2) is 0 Å². The molecule has 0 saturated heterocycles. The minimum atomic E-state index is -1.41. The highest BCUT2D eigenvalue weighted by atomic mass is 32.1. The van der Waals surface area contributed by atoms with Crippen LogP contribution in [0.25, 0.3) is 0 Å². The number of hydrogen-bond donors (Lipinski definition) is 3. The summed E-state index contributed by atoms with van der Waals surface area (Å²) < 4.78 is 4.62. The first-order valence-corrected chi connectivity index (χ1v) is 5.98. The second kappa shape index (κ2) is 6.43. The Balaban J connectivity index is 2.64. The second-order valence-corrected chi connectivity index (χ2v) is 4.45. The van der Waals surface area contributed by atoms with Crippen molar-refractivity contribution in [2.45, 2.75) is 25.6 Å². The van der Waals surface area contributed by atoms with Crippen molar-refractivity contribution in [1.82, 2.24) is 4.98 Å². The third-order valence-corrected chi connectivity index (χ3v) is 3.09. The van der Waals surface area contributed by atoms with E-state index in [1.54, 1.807) is 6.92 Å². The molecule has 100 valence electrons. The van der Waals surface area contributed by atoms with E-state index in [9.17, 15) is 19.8 Å². The molecule has 7 nitrogen and oxygen atoms in total. The number of aliphatic hydroxyl groups is 2. The second-order valence-electron chi connectivity index (χ2n) is 3.39. The van der Waals surface area contributed by atoms with Gasteiger partial charge in [-0.05, 0) is 6.92 Å². The lowest BCUT2D eigenvalue weighted by atomic mass is 10.1. The maximum Gasteiger partial charge on any atom is 0.347 e. The van der Waals surface area contributed by atoms with Gasteiger partial charge in [-0.1, -0.05) is 0 Å². The molecule has 0 aromatic carbocycles. The van der Waals surface area contributed by atoms with Gasteiger partial charge in [0.2, 0.25) is 0 Å². The summed E-state index contributed by atoms with van der Waals surface area (Å²) in [5.41, 5.74) is 0. The number of rotatable bonds is 6. The van der Waals surface area contributed by atoms with Crippen molar-refractivity contribution in [3.05, 3.63) is 16.1 Å². The summed E-state index contributed by atoms with van der Waals surface area (Å²) in [6, 6.07) is 0. The van der Waals surface area contributed by atoms with E-state index in [1.807, 2.05) is 0 Å². The molecule has 18 heavy (non-hydrogen) atoms. The number of carbonyl (C=O) groups is 2. The van der Waals surface area contributed by atoms with Crippen LogP contribution in [-0.2, 0) is 9.53 Å². The predicted molar refractivity (Wildman–Crippen MR) is 61.3 cm³/mol. The molecule has 8 heteroatoms. The molecular weight excluding hydrogens is 262 g/mol. The van der Waals surface area contributed by atoms with Crippen molar-refractivity contribution in [3.63, 3.8) is 0 Å². The highest BCUT2D eigenvalue weighted by Crippen LogP contribution is 2.24. The summed E-state index contributed by atoms with van der Waals surface area (Å²) in [5.74, 6) is -1.80. The Hall–Kier alpha value is -1.51. The number of aliphatic hydroxyl groups excluding tert-OH is 2. The zero-order valence-corrected chi connectivity index (χ0v) is 10.4. The SMILES string of the molecule is CCOC(=O)CC(O)C(O)c1ncc(C(=O)O)s1. The number of carbonyl (C=O) groups excluding carboxylic acids is 1. The Morgan fingerprint density at radius 3 is 2.67 bits per heavy atom. The molecule has 2 atom stereocenters. The van der Waals surface area contributed by atoms with Crippen LogP contribution >= 0.6 is 11.3 Å². The largest absolute Gasteiger partial charge is 0.477 e. The van der Waals surface area contributed by atoms with Crippen molar-refractivity contribution in [2.75, 3.05) is 6.61 Å². The fourth-order valence-corrected chi connectivity index (χ4v) is 1.99. The molecule has 3 N–H and O–H groups in total. The van der Waals surface area contributed by atoms with Crippen LogP contribution in [0.1, 0.15) is 34.1 Å². The number of thiazole rings is 1. The normalized spacial score (nSPS) is 13.9. The molecule has 0 fully saturated rings. The van der Waals surface area contributed by atoms with Crippen molar-refractivity contribution < 1.29 is 29.6 Å². The zero-order valence-electron chi connectivity index (χ0n) is 9.57. The predicted octanol–water partition coefficient (Wildman–Crippen LogP) is 0.189. The molecule has 0 aliphatic heterocycles. The fraction of sp³-hybridized carbons (Fsp3) is 0.500. The van der Waals surface area contributed by atoms with Crippen LogP contribution in [0.15, 0.2) is 6.20 Å². The molecule has 0 radical (unpaired) electrons. The topological polar surface area (TPSA) is 117 Å². The molecule has 1 aromatic rings. The molecular formula is C10H13NO6S. The first-order chi connectivity index (χ1) is 8.45. The highest BCUT2D eigenvalue weighted by molar-refractivity contribution is 7.13. The van der Waals surface area contributed by atoms with Gasteiger partial charge in [-0.15, -0.1) is 11.3 Å². The fourth-order valence-electron chi connectivity index (χ4n) is 1.19. The Bertz CT molecular complexity index is 432. The highest BCUT2D eigenvalue weighted by Gasteiger charge is 2.25. The van der Waals surface area contributed by atoms with E-state index in [0.717, 1.165) is 17.5 Å². The van der Waals surface area contributed by atoms with Gasteiger partial charge in [0.05, 0.1) is 25.3 Å². The Kier molecular flexibility index (Phi) is 5.20. The van der Waals surface area contributed by atoms with E-state index in [2.05, 4.69) is 9.72 Å². The number of nitrogens with zero attached hydrogens (tertiary/aromatic N) is 1. The minimum Gasteiger partial charge on any atom is -0.477 e. The summed E-state index contributed by atoms with van der Waals surface area (Å²) in [5, 5.41) is 28.0. The summed E-state index contributed by atoms with van der Waals surface area (Å²) >= 11 is 0.745. The summed E-state index contributed by atoms with van der Waals surface area (Å²) in [6.45, 7) is 1.81. The number of esters is 1. The first kappa shape index (κ1) is 14.6. The third-order valence-electron chi connectivity index (χ3n) is 2.03. The number of aromatic nitrogens is 1. The van der Waals surface area contributed by atoms with Crippen LogP contribution in [-0.4, -0.2) is 45.0 Å². The Labute approximate surface area is 107 Å². The van der Waals surface area contributed by atoms with Crippen molar-refractivity contribution >= 4 is 23.3 Å². The molecule has 0 bridgehead atoms. The molecule has 0 spiro atoms. The average molecular weight is 275 g/mol. The number of carboxylic acid groups (broad SMARTS) is 1. The van der Waals surface area contributed by atoms with Crippen molar-refractivity contribution in [2.24, 2.45) is 0 Å². The van der Waals surface area contributed by atoms with Crippen LogP contribution < -0.4 is 0 Å². The molecule has 1 aromatic heterocycles. The Morgan fingerprint density at radius 2 is 2.17 bits per heavy atom. The molecule has 1 heterocycles. The number of aromatic carboxylic acids is 1. The standard InChI is InChI=1S/C10H13NO6S/c1-2-17-7(13)3-5(12)8(14)9-11-4-6(18-9)10(15)16/h4-5,8,12,14H,2-3H2,1H3,(H,15,16). The average Bonchev–Trinajstić information content (AvgIpc) is 2.77. The van der Waals surface area contributed by atoms with Crippen LogP contribution in [0.5, 0.6) is 0 Å². The lowest BCUT2D eigenvalue weighted by Crippen LogP contribution is -2.23. The Morgan fingerprint density at radius 1 is 1.50 bits per heavy atom. The van der Waals surface area contributed by atoms with E-state index in [4.69, 9.17) is 5.11 Å². The maximum absolute atomic E-state index is 11.1. The quantitative estimate of drug-likeness (QED) is 0.634. The molecule has 2 unspecified atom stereocenters. The number of ether oxygens (including phenoxy) is 1. The first-order valence-electron chi connectivity index (χ1n) is 5.16. The molecule has 1 rings (SSSR count). The van der Waals surface area contributed by atoms with Crippen molar-refractivity contribution in [3.8, 4) is 0 Å². The van der Waals surface area contributed by atoms with Gasteiger partial charge in [-0.2, -0.15) is 0 Å². The zero-order chi connectivity index (χ0) is 13.7. The van der Waals surface area contributed by atoms with E-state index < -0.39 is 24.1 Å². The summed E-state index contributed by atoms with van der Waals surface area (Å²) in [4.78, 5) is 25.4. The van der Waals surface area contributed by atoms with Gasteiger partial charge >= 0.3 is 11.9 Å². The molecule has 0 aliphatic carbocycles. The van der Waals surface area contributed by atoms with Crippen LogP contribution in [0.2, 0.25) is 0 Å². The van der Waals surface area contributed by atoms with Gasteiger partial charge in [0.25, 0.3) is 0 Å². The van der Waals surface area contributed by atoms with E-state index in [1.165, 1.54) is 0 Å². The lowest BCUT2D eigenvalue weighted by Gasteiger charge is -2.14.